The zero-order chi connectivity index (χ0) is 13.8. The number of aliphatic hydroxyl groups excluding tert-OH is 1. The molecule has 1 saturated heterocycles. The summed E-state index contributed by atoms with van der Waals surface area (Å²) in [6.07, 6.45) is 2.02. The molecule has 6 heteroatoms. The van der Waals surface area contributed by atoms with Crippen LogP contribution in [0.3, 0.4) is 0 Å². The summed E-state index contributed by atoms with van der Waals surface area (Å²) in [5.74, 6) is 0.522. The maximum Gasteiger partial charge on any atom is 0.171 e. The third-order valence-corrected chi connectivity index (χ3v) is 4.23. The van der Waals surface area contributed by atoms with E-state index in [4.69, 9.17) is 16.0 Å². The van der Waals surface area contributed by atoms with Crippen molar-refractivity contribution in [2.24, 2.45) is 16.8 Å². The predicted molar refractivity (Wildman–Crippen MR) is 78.7 cm³/mol. The molecule has 0 spiro atoms. The third kappa shape index (κ3) is 3.19. The number of anilines is 1. The zero-order valence-electron chi connectivity index (χ0n) is 10.6. The second kappa shape index (κ2) is 6.25. The molecular weight excluding hydrogens is 310 g/mol. The largest absolute Gasteiger partial charge is 0.409 e. The van der Waals surface area contributed by atoms with Crippen molar-refractivity contribution in [1.29, 1.82) is 0 Å². The number of oxime groups is 1. The van der Waals surface area contributed by atoms with E-state index >= 15 is 0 Å². The summed E-state index contributed by atoms with van der Waals surface area (Å²) >= 11 is 3.44. The van der Waals surface area contributed by atoms with E-state index < -0.39 is 0 Å². The lowest BCUT2D eigenvalue weighted by atomic mass is 9.97. The first-order chi connectivity index (χ1) is 9.15. The van der Waals surface area contributed by atoms with Crippen LogP contribution in [-0.2, 0) is 0 Å². The lowest BCUT2D eigenvalue weighted by Crippen LogP contribution is -2.34. The van der Waals surface area contributed by atoms with Gasteiger partial charge >= 0.3 is 0 Å². The highest BCUT2D eigenvalue weighted by Crippen LogP contribution is 2.27. The highest BCUT2D eigenvalue weighted by Gasteiger charge is 2.19. The number of hydrogen-bond acceptors (Lipinski definition) is 4. The van der Waals surface area contributed by atoms with E-state index in [1.54, 1.807) is 0 Å². The molecule has 1 aliphatic heterocycles. The van der Waals surface area contributed by atoms with E-state index in [1.165, 1.54) is 0 Å². The predicted octanol–water partition coefficient (Wildman–Crippen LogP) is 1.75. The maximum atomic E-state index is 9.14. The van der Waals surface area contributed by atoms with E-state index in [0.717, 1.165) is 36.1 Å². The Morgan fingerprint density at radius 1 is 1.42 bits per heavy atom. The highest BCUT2D eigenvalue weighted by atomic mass is 79.9. The molecule has 1 aromatic carbocycles. The first-order valence-corrected chi connectivity index (χ1v) is 7.08. The molecule has 1 aromatic rings. The van der Waals surface area contributed by atoms with Gasteiger partial charge in [0.1, 0.15) is 0 Å². The van der Waals surface area contributed by atoms with Crippen molar-refractivity contribution in [1.82, 2.24) is 0 Å². The smallest absolute Gasteiger partial charge is 0.171 e. The molecule has 1 aliphatic rings. The average Bonchev–Trinajstić information content (AvgIpc) is 2.46. The monoisotopic (exact) mass is 327 g/mol. The second-order valence-electron chi connectivity index (χ2n) is 4.76. The van der Waals surface area contributed by atoms with Crippen LogP contribution in [0.15, 0.2) is 27.8 Å². The fourth-order valence-corrected chi connectivity index (χ4v) is 2.91. The number of rotatable bonds is 3. The van der Waals surface area contributed by atoms with Crippen molar-refractivity contribution in [3.8, 4) is 0 Å². The normalized spacial score (nSPS) is 17.8. The molecule has 4 N–H and O–H groups in total. The topological polar surface area (TPSA) is 82.1 Å². The quantitative estimate of drug-likeness (QED) is 0.342. The number of aliphatic hydroxyl groups is 1. The van der Waals surface area contributed by atoms with Gasteiger partial charge in [-0.25, -0.2) is 0 Å². The molecule has 0 radical (unpaired) electrons. The first-order valence-electron chi connectivity index (χ1n) is 6.29. The van der Waals surface area contributed by atoms with Gasteiger partial charge in [-0.3, -0.25) is 0 Å². The Kier molecular flexibility index (Phi) is 4.66. The lowest BCUT2D eigenvalue weighted by Gasteiger charge is -2.33. The van der Waals surface area contributed by atoms with Gasteiger partial charge in [0.25, 0.3) is 0 Å². The number of halogens is 1. The molecule has 2 rings (SSSR count). The van der Waals surface area contributed by atoms with Crippen molar-refractivity contribution in [3.63, 3.8) is 0 Å². The Morgan fingerprint density at radius 3 is 2.63 bits per heavy atom. The number of hydrogen-bond donors (Lipinski definition) is 3. The summed E-state index contributed by atoms with van der Waals surface area (Å²) in [6, 6.07) is 5.79. The van der Waals surface area contributed by atoms with Crippen molar-refractivity contribution in [3.05, 3.63) is 28.2 Å². The summed E-state index contributed by atoms with van der Waals surface area (Å²) < 4.78 is 0.810. The van der Waals surface area contributed by atoms with E-state index in [-0.39, 0.29) is 12.4 Å². The molecule has 0 unspecified atom stereocenters. The summed E-state index contributed by atoms with van der Waals surface area (Å²) in [5.41, 5.74) is 7.37. The zero-order valence-corrected chi connectivity index (χ0v) is 12.2. The van der Waals surface area contributed by atoms with Gasteiger partial charge in [0.2, 0.25) is 0 Å². The number of amidine groups is 1. The molecule has 0 aliphatic carbocycles. The maximum absolute atomic E-state index is 9.14. The van der Waals surface area contributed by atoms with Crippen molar-refractivity contribution < 1.29 is 10.3 Å². The SMILES string of the molecule is N/C(=N/O)c1ccc(N2CCC(CO)CC2)cc1Br. The van der Waals surface area contributed by atoms with Crippen LogP contribution in [-0.4, -0.2) is 35.8 Å². The summed E-state index contributed by atoms with van der Waals surface area (Å²) in [6.45, 7) is 2.17. The number of nitrogens with two attached hydrogens (primary N) is 1. The Bertz CT molecular complexity index is 471. The van der Waals surface area contributed by atoms with E-state index in [2.05, 4.69) is 26.0 Å². The molecular formula is C13H18BrN3O2. The van der Waals surface area contributed by atoms with Gasteiger partial charge < -0.3 is 20.9 Å². The molecule has 104 valence electrons. The van der Waals surface area contributed by atoms with Gasteiger partial charge in [0.05, 0.1) is 0 Å². The number of benzene rings is 1. The minimum absolute atomic E-state index is 0.0948. The van der Waals surface area contributed by atoms with Crippen LogP contribution in [0.4, 0.5) is 5.69 Å². The molecule has 5 nitrogen and oxygen atoms in total. The Hall–Kier alpha value is -1.27. The van der Waals surface area contributed by atoms with Crippen molar-refractivity contribution in [2.75, 3.05) is 24.6 Å². The molecule has 0 aromatic heterocycles. The summed E-state index contributed by atoms with van der Waals surface area (Å²) in [4.78, 5) is 2.28. The van der Waals surface area contributed by atoms with Crippen LogP contribution in [0.2, 0.25) is 0 Å². The van der Waals surface area contributed by atoms with Gasteiger partial charge in [-0.05, 0) is 52.9 Å². The van der Waals surface area contributed by atoms with Crippen molar-refractivity contribution in [2.45, 2.75) is 12.8 Å². The molecule has 0 atom stereocenters. The van der Waals surface area contributed by atoms with Crippen LogP contribution in [0, 0.1) is 5.92 Å². The first kappa shape index (κ1) is 14.1. The van der Waals surface area contributed by atoms with Gasteiger partial charge in [0, 0.05) is 35.4 Å². The highest BCUT2D eigenvalue weighted by molar-refractivity contribution is 9.10. The molecule has 19 heavy (non-hydrogen) atoms. The Morgan fingerprint density at radius 2 is 2.11 bits per heavy atom. The summed E-state index contributed by atoms with van der Waals surface area (Å²) in [5, 5.41) is 20.8. The fourth-order valence-electron chi connectivity index (χ4n) is 2.34. The van der Waals surface area contributed by atoms with E-state index in [1.807, 2.05) is 18.2 Å². The standard InChI is InChI=1S/C13H18BrN3O2/c14-12-7-10(1-2-11(12)13(15)16-19)17-5-3-9(8-18)4-6-17/h1-2,7,9,18-19H,3-6,8H2,(H2,15,16). The number of piperidine rings is 1. The van der Waals surface area contributed by atoms with Crippen LogP contribution < -0.4 is 10.6 Å². The average molecular weight is 328 g/mol. The van der Waals surface area contributed by atoms with Gasteiger partial charge in [-0.2, -0.15) is 0 Å². The minimum atomic E-state index is 0.0948. The molecule has 1 fully saturated rings. The molecule has 1 heterocycles. The molecule has 0 amide bonds. The second-order valence-corrected chi connectivity index (χ2v) is 5.62. The van der Waals surface area contributed by atoms with Crippen LogP contribution in [0.1, 0.15) is 18.4 Å². The van der Waals surface area contributed by atoms with E-state index in [9.17, 15) is 0 Å². The molecule has 0 saturated carbocycles. The van der Waals surface area contributed by atoms with Crippen LogP contribution in [0.25, 0.3) is 0 Å². The molecule has 0 bridgehead atoms. The van der Waals surface area contributed by atoms with Gasteiger partial charge in [-0.1, -0.05) is 5.16 Å². The van der Waals surface area contributed by atoms with Crippen LogP contribution in [0.5, 0.6) is 0 Å². The lowest BCUT2D eigenvalue weighted by molar-refractivity contribution is 0.203. The number of nitrogens with zero attached hydrogens (tertiary/aromatic N) is 2. The van der Waals surface area contributed by atoms with Crippen LogP contribution >= 0.6 is 15.9 Å². The van der Waals surface area contributed by atoms with Crippen molar-refractivity contribution >= 4 is 27.5 Å². The summed E-state index contributed by atoms with van der Waals surface area (Å²) in [7, 11) is 0. The third-order valence-electron chi connectivity index (χ3n) is 3.57. The fraction of sp³-hybridized carbons (Fsp3) is 0.462. The Balaban J connectivity index is 2.12. The minimum Gasteiger partial charge on any atom is -0.409 e. The Labute approximate surface area is 120 Å². The van der Waals surface area contributed by atoms with E-state index in [0.29, 0.717) is 11.5 Å². The van der Waals surface area contributed by atoms with Gasteiger partial charge in [0.15, 0.2) is 5.84 Å². The van der Waals surface area contributed by atoms with Gasteiger partial charge in [-0.15, -0.1) is 0 Å².